The Morgan fingerprint density at radius 3 is 2.52 bits per heavy atom. The molecule has 4 rings (SSSR count). The first-order valence-electron chi connectivity index (χ1n) is 9.80. The van der Waals surface area contributed by atoms with Crippen LogP contribution in [0, 0.1) is 5.92 Å². The largest absolute Gasteiger partial charge is 0.372 e. The smallest absolute Gasteiger partial charge is 0.257 e. The lowest BCUT2D eigenvalue weighted by Crippen LogP contribution is -2.48. The van der Waals surface area contributed by atoms with Gasteiger partial charge in [-0.05, 0) is 58.5 Å². The van der Waals surface area contributed by atoms with Crippen molar-refractivity contribution in [1.29, 1.82) is 0 Å². The number of carbonyl (C=O) groups is 1. The quantitative estimate of drug-likeness (QED) is 0.908. The summed E-state index contributed by atoms with van der Waals surface area (Å²) in [5, 5.41) is 7.35. The van der Waals surface area contributed by atoms with Gasteiger partial charge >= 0.3 is 0 Å². The normalized spacial score (nSPS) is 29.1. The van der Waals surface area contributed by atoms with Gasteiger partial charge in [0.1, 0.15) is 0 Å². The maximum absolute atomic E-state index is 13.0. The van der Waals surface area contributed by atoms with Crippen LogP contribution in [0.2, 0.25) is 0 Å². The van der Waals surface area contributed by atoms with Crippen LogP contribution in [0.15, 0.2) is 6.20 Å². The number of amides is 1. The molecule has 0 unspecified atom stereocenters. The van der Waals surface area contributed by atoms with Crippen molar-refractivity contribution in [2.24, 2.45) is 5.92 Å². The predicted octanol–water partition coefficient (Wildman–Crippen LogP) is 2.25. The van der Waals surface area contributed by atoms with Gasteiger partial charge in [-0.2, -0.15) is 5.10 Å². The zero-order valence-corrected chi connectivity index (χ0v) is 15.4. The molecule has 3 aliphatic rings. The molecule has 25 heavy (non-hydrogen) atoms. The number of nitrogens with one attached hydrogen (secondary N) is 1. The first-order valence-corrected chi connectivity index (χ1v) is 9.80. The summed E-state index contributed by atoms with van der Waals surface area (Å²) < 4.78 is 5.76. The van der Waals surface area contributed by atoms with E-state index in [1.165, 1.54) is 19.4 Å². The molecule has 1 N–H and O–H groups in total. The van der Waals surface area contributed by atoms with Crippen molar-refractivity contribution in [2.45, 2.75) is 57.7 Å². The number of ether oxygens (including phenoxy) is 1. The fraction of sp³-hybridized carbons (Fsp3) is 0.789. The van der Waals surface area contributed by atoms with Crippen LogP contribution in [0.1, 0.15) is 61.5 Å². The number of aromatic nitrogens is 2. The number of carbonyl (C=O) groups excluding carboxylic acids is 1. The van der Waals surface area contributed by atoms with Crippen LogP contribution >= 0.6 is 0 Å². The number of hydrogen-bond donors (Lipinski definition) is 1. The zero-order valence-electron chi connectivity index (χ0n) is 15.4. The molecule has 1 saturated carbocycles. The van der Waals surface area contributed by atoms with Crippen molar-refractivity contribution in [1.82, 2.24) is 20.0 Å². The summed E-state index contributed by atoms with van der Waals surface area (Å²) >= 11 is 0. The van der Waals surface area contributed by atoms with E-state index in [1.807, 2.05) is 18.7 Å². The molecular formula is C19H30N4O2. The van der Waals surface area contributed by atoms with Crippen molar-refractivity contribution < 1.29 is 9.53 Å². The number of rotatable bonds is 4. The highest BCUT2D eigenvalue weighted by Gasteiger charge is 2.32. The van der Waals surface area contributed by atoms with Crippen LogP contribution in [0.25, 0.3) is 0 Å². The molecule has 6 nitrogen and oxygen atoms in total. The molecule has 0 radical (unpaired) electrons. The van der Waals surface area contributed by atoms with E-state index in [9.17, 15) is 4.79 Å². The number of piperidine rings is 1. The van der Waals surface area contributed by atoms with Crippen molar-refractivity contribution in [3.63, 3.8) is 0 Å². The Kier molecular flexibility index (Phi) is 4.82. The Labute approximate surface area is 149 Å². The summed E-state index contributed by atoms with van der Waals surface area (Å²) in [5.41, 5.74) is 1.81. The standard InChI is InChI=1S/C19H30N4O2/c1-13-10-23(11-14(2)25-13)19(24)17-9-20-21-18(17)16-5-7-22(8-6-16)12-15-3-4-15/h9,13-16H,3-8,10-12H2,1-2H3,(H,20,21)/t13-,14-/m1/s1. The Balaban J connectivity index is 1.41. The van der Waals surface area contributed by atoms with Crippen molar-refractivity contribution in [2.75, 3.05) is 32.7 Å². The van der Waals surface area contributed by atoms with Gasteiger partial charge < -0.3 is 14.5 Å². The van der Waals surface area contributed by atoms with Gasteiger partial charge in [-0.1, -0.05) is 0 Å². The molecule has 0 aromatic carbocycles. The molecule has 138 valence electrons. The molecular weight excluding hydrogens is 316 g/mol. The van der Waals surface area contributed by atoms with Crippen molar-refractivity contribution >= 4 is 5.91 Å². The third-order valence-corrected chi connectivity index (χ3v) is 5.82. The van der Waals surface area contributed by atoms with Gasteiger partial charge in [0.05, 0.1) is 29.7 Å². The number of aromatic amines is 1. The summed E-state index contributed by atoms with van der Waals surface area (Å²) in [6.07, 6.45) is 6.96. The predicted molar refractivity (Wildman–Crippen MR) is 95.6 cm³/mol. The number of H-pyrrole nitrogens is 1. The maximum Gasteiger partial charge on any atom is 0.257 e. The van der Waals surface area contributed by atoms with Crippen molar-refractivity contribution in [3.05, 3.63) is 17.5 Å². The minimum absolute atomic E-state index is 0.0914. The molecule has 1 amide bonds. The lowest BCUT2D eigenvalue weighted by atomic mass is 9.91. The number of nitrogens with zero attached hydrogens (tertiary/aromatic N) is 3. The average molecular weight is 346 g/mol. The molecule has 0 bridgehead atoms. The third-order valence-electron chi connectivity index (χ3n) is 5.82. The summed E-state index contributed by atoms with van der Waals surface area (Å²) in [7, 11) is 0. The summed E-state index contributed by atoms with van der Waals surface area (Å²) in [6, 6.07) is 0. The summed E-state index contributed by atoms with van der Waals surface area (Å²) in [5.74, 6) is 1.48. The monoisotopic (exact) mass is 346 g/mol. The Morgan fingerprint density at radius 1 is 1.20 bits per heavy atom. The molecule has 2 atom stereocenters. The van der Waals surface area contributed by atoms with Crippen LogP contribution in [-0.2, 0) is 4.74 Å². The van der Waals surface area contributed by atoms with Gasteiger partial charge in [0.25, 0.3) is 5.91 Å². The zero-order chi connectivity index (χ0) is 17.4. The minimum Gasteiger partial charge on any atom is -0.372 e. The SMILES string of the molecule is C[C@@H]1CN(C(=O)c2cn[nH]c2C2CCN(CC3CC3)CC2)C[C@@H](C)O1. The Bertz CT molecular complexity index is 594. The second kappa shape index (κ2) is 7.08. The molecule has 3 heterocycles. The van der Waals surface area contributed by atoms with Crippen LogP contribution in [0.4, 0.5) is 0 Å². The van der Waals surface area contributed by atoms with Gasteiger partial charge in [-0.25, -0.2) is 0 Å². The van der Waals surface area contributed by atoms with E-state index in [2.05, 4.69) is 15.1 Å². The lowest BCUT2D eigenvalue weighted by molar-refractivity contribution is -0.0586. The number of likely N-dealkylation sites (tertiary alicyclic amines) is 1. The molecule has 1 aromatic heterocycles. The van der Waals surface area contributed by atoms with E-state index < -0.39 is 0 Å². The lowest BCUT2D eigenvalue weighted by Gasteiger charge is -2.36. The number of hydrogen-bond acceptors (Lipinski definition) is 4. The average Bonchev–Trinajstić information content (AvgIpc) is 3.26. The van der Waals surface area contributed by atoms with E-state index >= 15 is 0 Å². The molecule has 2 saturated heterocycles. The van der Waals surface area contributed by atoms with Crippen LogP contribution in [0.5, 0.6) is 0 Å². The fourth-order valence-electron chi connectivity index (χ4n) is 4.36. The first kappa shape index (κ1) is 17.0. The summed E-state index contributed by atoms with van der Waals surface area (Å²) in [6.45, 7) is 8.93. The maximum atomic E-state index is 13.0. The van der Waals surface area contributed by atoms with Gasteiger partial charge in [-0.15, -0.1) is 0 Å². The summed E-state index contributed by atoms with van der Waals surface area (Å²) in [4.78, 5) is 17.6. The van der Waals surface area contributed by atoms with Gasteiger partial charge in [0, 0.05) is 25.6 Å². The molecule has 3 fully saturated rings. The van der Waals surface area contributed by atoms with E-state index in [4.69, 9.17) is 4.74 Å². The highest BCUT2D eigenvalue weighted by Crippen LogP contribution is 2.34. The van der Waals surface area contributed by atoms with Crippen LogP contribution in [-0.4, -0.2) is 70.8 Å². The molecule has 0 spiro atoms. The highest BCUT2D eigenvalue weighted by atomic mass is 16.5. The molecule has 6 heteroatoms. The van der Waals surface area contributed by atoms with Gasteiger partial charge in [0.15, 0.2) is 0 Å². The third kappa shape index (κ3) is 3.90. The van der Waals surface area contributed by atoms with Crippen LogP contribution in [0.3, 0.4) is 0 Å². The Morgan fingerprint density at radius 2 is 1.88 bits per heavy atom. The van der Waals surface area contributed by atoms with E-state index in [-0.39, 0.29) is 18.1 Å². The molecule has 2 aliphatic heterocycles. The van der Waals surface area contributed by atoms with Crippen molar-refractivity contribution in [3.8, 4) is 0 Å². The van der Waals surface area contributed by atoms with Gasteiger partial charge in [-0.3, -0.25) is 9.89 Å². The Hall–Kier alpha value is -1.40. The second-order valence-electron chi connectivity index (χ2n) is 8.18. The molecule has 1 aromatic rings. The first-order chi connectivity index (χ1) is 12.1. The van der Waals surface area contributed by atoms with E-state index in [0.29, 0.717) is 19.0 Å². The number of morpholine rings is 1. The van der Waals surface area contributed by atoms with Crippen LogP contribution < -0.4 is 0 Å². The second-order valence-corrected chi connectivity index (χ2v) is 8.18. The highest BCUT2D eigenvalue weighted by molar-refractivity contribution is 5.95. The van der Waals surface area contributed by atoms with E-state index in [1.54, 1.807) is 6.20 Å². The topological polar surface area (TPSA) is 61.5 Å². The fourth-order valence-corrected chi connectivity index (χ4v) is 4.36. The molecule has 1 aliphatic carbocycles. The van der Waals surface area contributed by atoms with E-state index in [0.717, 1.165) is 43.1 Å². The van der Waals surface area contributed by atoms with Gasteiger partial charge in [0.2, 0.25) is 0 Å². The minimum atomic E-state index is 0.0914.